The van der Waals surface area contributed by atoms with E-state index in [1.54, 1.807) is 6.20 Å². The molecule has 0 aliphatic heterocycles. The lowest BCUT2D eigenvalue weighted by Crippen LogP contribution is -2.35. The van der Waals surface area contributed by atoms with Gasteiger partial charge in [0.1, 0.15) is 5.69 Å². The number of nitrogens with two attached hydrogens (primary N) is 1. The number of nitrogens with zero attached hydrogens (tertiary/aromatic N) is 1. The highest BCUT2D eigenvalue weighted by Gasteiger charge is 2.19. The van der Waals surface area contributed by atoms with Crippen molar-refractivity contribution in [3.8, 4) is 0 Å². The smallest absolute Gasteiger partial charge is 0.270 e. The molecule has 0 unspecified atom stereocenters. The lowest BCUT2D eigenvalue weighted by molar-refractivity contribution is 0.0932. The lowest BCUT2D eigenvalue weighted by atomic mass is 9.89. The normalized spacial score (nSPS) is 11.6. The average Bonchev–Trinajstić information content (AvgIpc) is 2.44. The number of nitrogens with one attached hydrogen (secondary N) is 1. The van der Waals surface area contributed by atoms with Gasteiger partial charge in [0.2, 0.25) is 0 Å². The van der Waals surface area contributed by atoms with E-state index in [0.29, 0.717) is 18.8 Å². The fourth-order valence-electron chi connectivity index (χ4n) is 2.18. The van der Waals surface area contributed by atoms with E-state index in [0.717, 1.165) is 17.2 Å². The van der Waals surface area contributed by atoms with E-state index >= 15 is 0 Å². The standard InChI is InChI=1S/C16H21N3O/c1-16(2,8-9-17)11-19-15(20)14-13-6-4-3-5-12(13)7-10-18-14/h3-7,10H,8-9,11,17H2,1-2H3,(H,19,20). The topological polar surface area (TPSA) is 68.0 Å². The van der Waals surface area contributed by atoms with Gasteiger partial charge in [-0.05, 0) is 29.8 Å². The molecule has 0 saturated carbocycles. The summed E-state index contributed by atoms with van der Waals surface area (Å²) >= 11 is 0. The number of aromatic nitrogens is 1. The molecule has 20 heavy (non-hydrogen) atoms. The highest BCUT2D eigenvalue weighted by atomic mass is 16.1. The minimum absolute atomic E-state index is 0.00497. The fourth-order valence-corrected chi connectivity index (χ4v) is 2.18. The van der Waals surface area contributed by atoms with Crippen LogP contribution in [0.2, 0.25) is 0 Å². The molecule has 1 amide bonds. The van der Waals surface area contributed by atoms with Crippen LogP contribution in [0.25, 0.3) is 10.8 Å². The molecule has 2 rings (SSSR count). The summed E-state index contributed by atoms with van der Waals surface area (Å²) in [7, 11) is 0. The Bertz CT molecular complexity index is 602. The summed E-state index contributed by atoms with van der Waals surface area (Å²) in [6.07, 6.45) is 2.54. The zero-order chi connectivity index (χ0) is 14.6. The second kappa shape index (κ2) is 6.01. The first kappa shape index (κ1) is 14.5. The molecule has 2 aromatic rings. The number of carbonyl (C=O) groups is 1. The third-order valence-corrected chi connectivity index (χ3v) is 3.44. The third kappa shape index (κ3) is 3.33. The first-order chi connectivity index (χ1) is 9.53. The summed E-state index contributed by atoms with van der Waals surface area (Å²) in [5.41, 5.74) is 6.05. The Hall–Kier alpha value is -1.94. The molecule has 4 heteroatoms. The van der Waals surface area contributed by atoms with Crippen molar-refractivity contribution in [2.45, 2.75) is 20.3 Å². The van der Waals surface area contributed by atoms with Crippen molar-refractivity contribution in [3.05, 3.63) is 42.2 Å². The number of fused-ring (bicyclic) bond motifs is 1. The zero-order valence-corrected chi connectivity index (χ0v) is 12.0. The van der Waals surface area contributed by atoms with E-state index in [-0.39, 0.29) is 11.3 Å². The molecule has 1 heterocycles. The SMILES string of the molecule is CC(C)(CCN)CNC(=O)c1nccc2ccccc12. The Balaban J connectivity index is 2.16. The molecule has 1 aromatic heterocycles. The van der Waals surface area contributed by atoms with Crippen molar-refractivity contribution in [2.24, 2.45) is 11.1 Å². The van der Waals surface area contributed by atoms with Crippen LogP contribution in [-0.4, -0.2) is 24.0 Å². The van der Waals surface area contributed by atoms with Crippen molar-refractivity contribution in [1.82, 2.24) is 10.3 Å². The number of benzene rings is 1. The summed E-state index contributed by atoms with van der Waals surface area (Å²) in [5, 5.41) is 4.86. The Kier molecular flexibility index (Phi) is 4.35. The van der Waals surface area contributed by atoms with Gasteiger partial charge in [0.25, 0.3) is 5.91 Å². The van der Waals surface area contributed by atoms with Crippen LogP contribution in [0.3, 0.4) is 0 Å². The fraction of sp³-hybridized carbons (Fsp3) is 0.375. The second-order valence-electron chi connectivity index (χ2n) is 5.77. The van der Waals surface area contributed by atoms with Gasteiger partial charge in [-0.2, -0.15) is 0 Å². The van der Waals surface area contributed by atoms with Gasteiger partial charge in [-0.15, -0.1) is 0 Å². The van der Waals surface area contributed by atoms with Crippen molar-refractivity contribution >= 4 is 16.7 Å². The van der Waals surface area contributed by atoms with Gasteiger partial charge >= 0.3 is 0 Å². The maximum Gasteiger partial charge on any atom is 0.270 e. The molecule has 0 atom stereocenters. The van der Waals surface area contributed by atoms with E-state index in [2.05, 4.69) is 24.1 Å². The Labute approximate surface area is 119 Å². The number of pyridine rings is 1. The molecule has 1 aromatic carbocycles. The third-order valence-electron chi connectivity index (χ3n) is 3.44. The van der Waals surface area contributed by atoms with E-state index in [9.17, 15) is 4.79 Å². The number of rotatable bonds is 5. The van der Waals surface area contributed by atoms with Crippen molar-refractivity contribution in [3.63, 3.8) is 0 Å². The highest BCUT2D eigenvalue weighted by molar-refractivity contribution is 6.05. The number of hydrogen-bond acceptors (Lipinski definition) is 3. The van der Waals surface area contributed by atoms with Gasteiger partial charge in [-0.3, -0.25) is 9.78 Å². The minimum Gasteiger partial charge on any atom is -0.350 e. The van der Waals surface area contributed by atoms with Crippen LogP contribution in [0, 0.1) is 5.41 Å². The number of amides is 1. The second-order valence-corrected chi connectivity index (χ2v) is 5.77. The van der Waals surface area contributed by atoms with E-state index in [1.165, 1.54) is 0 Å². The molecule has 3 N–H and O–H groups in total. The summed E-state index contributed by atoms with van der Waals surface area (Å²) in [5.74, 6) is -0.133. The quantitative estimate of drug-likeness (QED) is 0.877. The van der Waals surface area contributed by atoms with Gasteiger partial charge in [-0.1, -0.05) is 38.1 Å². The Morgan fingerprint density at radius 2 is 2.05 bits per heavy atom. The predicted molar refractivity (Wildman–Crippen MR) is 81.5 cm³/mol. The van der Waals surface area contributed by atoms with E-state index in [4.69, 9.17) is 5.73 Å². The Morgan fingerprint density at radius 1 is 1.30 bits per heavy atom. The maximum atomic E-state index is 12.3. The summed E-state index contributed by atoms with van der Waals surface area (Å²) in [6.45, 7) is 5.40. The van der Waals surface area contributed by atoms with Crippen molar-refractivity contribution < 1.29 is 4.79 Å². The summed E-state index contributed by atoms with van der Waals surface area (Å²) in [4.78, 5) is 16.5. The van der Waals surface area contributed by atoms with Crippen LogP contribution in [0.5, 0.6) is 0 Å². The first-order valence-corrected chi connectivity index (χ1v) is 6.85. The number of hydrogen-bond donors (Lipinski definition) is 2. The molecular weight excluding hydrogens is 250 g/mol. The van der Waals surface area contributed by atoms with Crippen LogP contribution in [0.4, 0.5) is 0 Å². The monoisotopic (exact) mass is 271 g/mol. The van der Waals surface area contributed by atoms with Crippen LogP contribution >= 0.6 is 0 Å². The van der Waals surface area contributed by atoms with Crippen molar-refractivity contribution in [2.75, 3.05) is 13.1 Å². The van der Waals surface area contributed by atoms with Gasteiger partial charge in [0.15, 0.2) is 0 Å². The molecule has 0 aliphatic rings. The predicted octanol–water partition coefficient (Wildman–Crippen LogP) is 2.34. The maximum absolute atomic E-state index is 12.3. The molecule has 0 saturated heterocycles. The van der Waals surface area contributed by atoms with Crippen LogP contribution in [-0.2, 0) is 0 Å². The molecular formula is C16H21N3O. The summed E-state index contributed by atoms with van der Waals surface area (Å²) < 4.78 is 0. The first-order valence-electron chi connectivity index (χ1n) is 6.85. The van der Waals surface area contributed by atoms with Gasteiger partial charge in [0, 0.05) is 18.1 Å². The molecule has 0 spiro atoms. The van der Waals surface area contributed by atoms with Gasteiger partial charge in [0.05, 0.1) is 0 Å². The molecule has 0 radical (unpaired) electrons. The highest BCUT2D eigenvalue weighted by Crippen LogP contribution is 2.19. The minimum atomic E-state index is -0.133. The molecule has 0 bridgehead atoms. The zero-order valence-electron chi connectivity index (χ0n) is 12.0. The van der Waals surface area contributed by atoms with Crippen LogP contribution in [0.1, 0.15) is 30.8 Å². The van der Waals surface area contributed by atoms with Gasteiger partial charge < -0.3 is 11.1 Å². The molecule has 0 fully saturated rings. The van der Waals surface area contributed by atoms with E-state index < -0.39 is 0 Å². The largest absolute Gasteiger partial charge is 0.350 e. The molecule has 0 aliphatic carbocycles. The molecule has 106 valence electrons. The summed E-state index contributed by atoms with van der Waals surface area (Å²) in [6, 6.07) is 9.67. The molecule has 4 nitrogen and oxygen atoms in total. The van der Waals surface area contributed by atoms with Crippen LogP contribution < -0.4 is 11.1 Å². The van der Waals surface area contributed by atoms with E-state index in [1.807, 2.05) is 30.3 Å². The van der Waals surface area contributed by atoms with Crippen molar-refractivity contribution in [1.29, 1.82) is 0 Å². The Morgan fingerprint density at radius 3 is 2.80 bits per heavy atom. The van der Waals surface area contributed by atoms with Crippen LogP contribution in [0.15, 0.2) is 36.5 Å². The average molecular weight is 271 g/mol. The lowest BCUT2D eigenvalue weighted by Gasteiger charge is -2.24. The number of carbonyl (C=O) groups excluding carboxylic acids is 1. The van der Waals surface area contributed by atoms with Gasteiger partial charge in [-0.25, -0.2) is 0 Å².